The van der Waals surface area contributed by atoms with Gasteiger partial charge in [0.25, 0.3) is 0 Å². The van der Waals surface area contributed by atoms with Gasteiger partial charge in [0.15, 0.2) is 0 Å². The molecule has 0 atom stereocenters. The summed E-state index contributed by atoms with van der Waals surface area (Å²) >= 11 is 0. The molecule has 0 saturated heterocycles. The number of aromatic hydroxyl groups is 2. The van der Waals surface area contributed by atoms with Crippen LogP contribution in [0.4, 0.5) is 0 Å². The van der Waals surface area contributed by atoms with E-state index in [-0.39, 0.29) is 33.2 Å². The summed E-state index contributed by atoms with van der Waals surface area (Å²) in [7, 11) is 4.14. The van der Waals surface area contributed by atoms with Gasteiger partial charge in [-0.2, -0.15) is 0 Å². The van der Waals surface area contributed by atoms with E-state index in [0.717, 1.165) is 63.0 Å². The summed E-state index contributed by atoms with van der Waals surface area (Å²) < 4.78 is 6.87. The molecule has 0 amide bonds. The van der Waals surface area contributed by atoms with Crippen molar-refractivity contribution in [2.75, 3.05) is 27.2 Å². The maximum absolute atomic E-state index is 12.5. The molecule has 310 valence electrons. The Balaban J connectivity index is 1.82. The molecular weight excluding hydrogens is 711 g/mol. The number of hydrogen-bond acceptors (Lipinski definition) is 4. The Hall–Kier alpha value is -4.54. The molecule has 0 aliphatic rings. The van der Waals surface area contributed by atoms with E-state index in [0.29, 0.717) is 23.5 Å². The molecule has 5 aromatic carbocycles. The van der Waals surface area contributed by atoms with E-state index in [4.69, 9.17) is 4.74 Å². The molecule has 2 N–H and O–H groups in total. The SMILES string of the molecule is Cc1cc(-c2cc(C(C)(C)C)cc(C(C)(C)C)c2)c(O)c(-c2cc(C)cc(-c3cc(C)cc(-c4cc(C(C)(C)C)cc(C(C)(C)C)c4)c3O)c2OCCCN(C)C)c1. The van der Waals surface area contributed by atoms with Crippen molar-refractivity contribution in [3.8, 4) is 61.8 Å². The minimum Gasteiger partial charge on any atom is -0.507 e. The molecule has 0 aromatic heterocycles. The number of hydrogen-bond donors (Lipinski definition) is 2. The minimum absolute atomic E-state index is 0.0751. The Bertz CT molecular complexity index is 2080. The zero-order valence-electron chi connectivity index (χ0n) is 38.8. The first-order valence-electron chi connectivity index (χ1n) is 21.1. The summed E-state index contributed by atoms with van der Waals surface area (Å²) in [4.78, 5) is 2.16. The highest BCUT2D eigenvalue weighted by molar-refractivity contribution is 5.93. The fraction of sp³-hybridized carbons (Fsp3) is 0.444. The van der Waals surface area contributed by atoms with E-state index in [9.17, 15) is 10.2 Å². The number of aryl methyl sites for hydroxylation is 3. The summed E-state index contributed by atoms with van der Waals surface area (Å²) in [5.41, 5.74) is 14.3. The van der Waals surface area contributed by atoms with Gasteiger partial charge in [-0.05, 0) is 149 Å². The van der Waals surface area contributed by atoms with Crippen LogP contribution >= 0.6 is 0 Å². The average molecular weight is 782 g/mol. The van der Waals surface area contributed by atoms with Crippen LogP contribution in [0.15, 0.2) is 72.8 Å². The zero-order valence-corrected chi connectivity index (χ0v) is 38.8. The molecule has 0 fully saturated rings. The molecule has 0 radical (unpaired) electrons. The maximum Gasteiger partial charge on any atom is 0.135 e. The normalized spacial score (nSPS) is 12.7. The Morgan fingerprint density at radius 2 is 0.724 bits per heavy atom. The highest BCUT2D eigenvalue weighted by Crippen LogP contribution is 2.50. The largest absolute Gasteiger partial charge is 0.507 e. The average Bonchev–Trinajstić information content (AvgIpc) is 3.10. The number of phenolic OH excluding ortho intramolecular Hbond substituents is 2. The van der Waals surface area contributed by atoms with E-state index >= 15 is 0 Å². The highest BCUT2D eigenvalue weighted by Gasteiger charge is 2.27. The first kappa shape index (κ1) is 44.6. The Morgan fingerprint density at radius 3 is 1.02 bits per heavy atom. The number of nitrogens with zero attached hydrogens (tertiary/aromatic N) is 1. The van der Waals surface area contributed by atoms with Crippen molar-refractivity contribution in [3.63, 3.8) is 0 Å². The second kappa shape index (κ2) is 16.3. The van der Waals surface area contributed by atoms with Crippen molar-refractivity contribution in [2.45, 2.75) is 132 Å². The van der Waals surface area contributed by atoms with Gasteiger partial charge in [-0.25, -0.2) is 0 Å². The number of phenols is 2. The predicted molar refractivity (Wildman–Crippen MR) is 249 cm³/mol. The molecule has 0 heterocycles. The fourth-order valence-corrected chi connectivity index (χ4v) is 7.59. The van der Waals surface area contributed by atoms with Crippen LogP contribution in [0, 0.1) is 20.8 Å². The molecule has 0 spiro atoms. The number of ether oxygens (including phenoxy) is 1. The zero-order chi connectivity index (χ0) is 43.3. The second-order valence-electron chi connectivity index (χ2n) is 21.2. The Kier molecular flexibility index (Phi) is 12.5. The van der Waals surface area contributed by atoms with Crippen molar-refractivity contribution in [1.29, 1.82) is 0 Å². The van der Waals surface area contributed by atoms with E-state index in [1.54, 1.807) is 0 Å². The molecule has 4 nitrogen and oxygen atoms in total. The van der Waals surface area contributed by atoms with Gasteiger partial charge in [0, 0.05) is 39.9 Å². The standard InChI is InChI=1S/C54H71NO3/c1-33-21-42(36-27-38(51(4,5)6)31-39(28-36)52(7,8)9)48(56)44(23-33)46-25-35(3)26-47(50(46)58-20-18-19-55(16)17)45-24-34(2)22-43(49(45)57)37-29-40(53(10,11)12)32-41(30-37)54(13,14)15/h21-32,56-57H,18-20H2,1-17H3. The summed E-state index contributed by atoms with van der Waals surface area (Å²) in [5, 5.41) is 25.0. The maximum atomic E-state index is 12.5. The van der Waals surface area contributed by atoms with Crippen molar-refractivity contribution >= 4 is 0 Å². The first-order valence-corrected chi connectivity index (χ1v) is 21.1. The van der Waals surface area contributed by atoms with Crippen molar-refractivity contribution in [3.05, 3.63) is 112 Å². The van der Waals surface area contributed by atoms with Crippen LogP contribution in [0.3, 0.4) is 0 Å². The third kappa shape index (κ3) is 10.0. The lowest BCUT2D eigenvalue weighted by Crippen LogP contribution is -2.16. The lowest BCUT2D eigenvalue weighted by molar-refractivity contribution is 0.283. The van der Waals surface area contributed by atoms with Crippen molar-refractivity contribution in [1.82, 2.24) is 4.90 Å². The summed E-state index contributed by atoms with van der Waals surface area (Å²) in [6.07, 6.45) is 0.820. The van der Waals surface area contributed by atoms with Crippen LogP contribution < -0.4 is 4.74 Å². The van der Waals surface area contributed by atoms with Gasteiger partial charge < -0.3 is 19.8 Å². The molecule has 0 aliphatic carbocycles. The van der Waals surface area contributed by atoms with Gasteiger partial charge in [-0.1, -0.05) is 119 Å². The van der Waals surface area contributed by atoms with Crippen molar-refractivity contribution in [2.24, 2.45) is 0 Å². The molecule has 0 saturated carbocycles. The third-order valence-electron chi connectivity index (χ3n) is 11.3. The molecule has 0 unspecified atom stereocenters. The van der Waals surface area contributed by atoms with Crippen LogP contribution in [-0.4, -0.2) is 42.4 Å². The predicted octanol–water partition coefficient (Wildman–Crippen LogP) is 14.2. The molecule has 4 heteroatoms. The van der Waals surface area contributed by atoms with Crippen LogP contribution in [0.25, 0.3) is 44.5 Å². The van der Waals surface area contributed by atoms with Crippen LogP contribution in [0.1, 0.15) is 128 Å². The Morgan fingerprint density at radius 1 is 0.431 bits per heavy atom. The van der Waals surface area contributed by atoms with Gasteiger partial charge in [0.2, 0.25) is 0 Å². The molecule has 5 rings (SSSR count). The van der Waals surface area contributed by atoms with E-state index in [1.165, 1.54) is 22.3 Å². The fourth-order valence-electron chi connectivity index (χ4n) is 7.59. The number of benzene rings is 5. The van der Waals surface area contributed by atoms with Crippen LogP contribution in [0.2, 0.25) is 0 Å². The lowest BCUT2D eigenvalue weighted by Gasteiger charge is -2.27. The molecule has 5 aromatic rings. The first-order chi connectivity index (χ1) is 26.6. The van der Waals surface area contributed by atoms with Crippen LogP contribution in [-0.2, 0) is 21.7 Å². The summed E-state index contributed by atoms with van der Waals surface area (Å²) in [6.45, 7) is 34.5. The van der Waals surface area contributed by atoms with Gasteiger partial charge in [0.1, 0.15) is 17.2 Å². The topological polar surface area (TPSA) is 52.9 Å². The van der Waals surface area contributed by atoms with Crippen LogP contribution in [0.5, 0.6) is 17.2 Å². The Labute approximate surface area is 351 Å². The smallest absolute Gasteiger partial charge is 0.135 e. The van der Waals surface area contributed by atoms with Gasteiger partial charge in [-0.3, -0.25) is 0 Å². The van der Waals surface area contributed by atoms with E-state index in [1.807, 2.05) is 0 Å². The molecule has 58 heavy (non-hydrogen) atoms. The molecule has 0 bridgehead atoms. The number of rotatable bonds is 9. The second-order valence-corrected chi connectivity index (χ2v) is 21.2. The summed E-state index contributed by atoms with van der Waals surface area (Å²) in [5.74, 6) is 1.09. The van der Waals surface area contributed by atoms with Gasteiger partial charge in [-0.15, -0.1) is 0 Å². The molecule has 0 aliphatic heterocycles. The third-order valence-corrected chi connectivity index (χ3v) is 11.3. The minimum atomic E-state index is -0.0751. The highest BCUT2D eigenvalue weighted by atomic mass is 16.5. The molecular formula is C54H71NO3. The summed E-state index contributed by atoms with van der Waals surface area (Å²) in [6, 6.07) is 26.1. The van der Waals surface area contributed by atoms with Gasteiger partial charge >= 0.3 is 0 Å². The van der Waals surface area contributed by atoms with Gasteiger partial charge in [0.05, 0.1) is 6.61 Å². The van der Waals surface area contributed by atoms with E-state index in [2.05, 4.69) is 196 Å². The van der Waals surface area contributed by atoms with Crippen molar-refractivity contribution < 1.29 is 14.9 Å². The van der Waals surface area contributed by atoms with E-state index < -0.39 is 0 Å². The monoisotopic (exact) mass is 782 g/mol. The lowest BCUT2D eigenvalue weighted by atomic mass is 9.78. The quantitative estimate of drug-likeness (QED) is 0.146.